The lowest BCUT2D eigenvalue weighted by molar-refractivity contribution is -0.117. The number of carbonyl (C=O) groups excluding carboxylic acids is 2. The molecular formula is C29H39BN4O4. The van der Waals surface area contributed by atoms with Gasteiger partial charge >= 0.3 is 7.12 Å². The number of amides is 2. The molecule has 1 saturated carbocycles. The zero-order chi connectivity index (χ0) is 27.5. The van der Waals surface area contributed by atoms with Crippen LogP contribution in [0.5, 0.6) is 0 Å². The number of nitrogens with two attached hydrogens (primary N) is 1. The van der Waals surface area contributed by atoms with Gasteiger partial charge in [-0.25, -0.2) is 0 Å². The Kier molecular flexibility index (Phi) is 8.28. The zero-order valence-electron chi connectivity index (χ0n) is 22.9. The smallest absolute Gasteiger partial charge is 0.399 e. The first-order chi connectivity index (χ1) is 17.9. The summed E-state index contributed by atoms with van der Waals surface area (Å²) in [6, 6.07) is 14.1. The van der Waals surface area contributed by atoms with Crippen molar-refractivity contribution >= 4 is 35.9 Å². The number of amidine groups is 1. The summed E-state index contributed by atoms with van der Waals surface area (Å²) in [7, 11) is -0.498. The zero-order valence-corrected chi connectivity index (χ0v) is 22.9. The number of anilines is 1. The minimum atomic E-state index is -0.498. The van der Waals surface area contributed by atoms with Crippen LogP contribution in [-0.4, -0.2) is 54.0 Å². The Bertz CT molecular complexity index is 1140. The molecule has 0 bridgehead atoms. The number of hydrogen-bond donors (Lipinski definition) is 3. The number of hydrogen-bond acceptors (Lipinski definition) is 5. The predicted octanol–water partition coefficient (Wildman–Crippen LogP) is 3.93. The summed E-state index contributed by atoms with van der Waals surface area (Å²) in [6.07, 6.45) is 5.67. The third kappa shape index (κ3) is 6.45. The van der Waals surface area contributed by atoms with Gasteiger partial charge in [0.2, 0.25) is 5.91 Å². The molecule has 0 spiro atoms. The lowest BCUT2D eigenvalue weighted by Crippen LogP contribution is -2.41. The molecule has 2 aliphatic rings. The van der Waals surface area contributed by atoms with E-state index in [-0.39, 0.29) is 24.2 Å². The van der Waals surface area contributed by atoms with Crippen LogP contribution < -0.4 is 16.5 Å². The van der Waals surface area contributed by atoms with Crippen molar-refractivity contribution in [2.75, 3.05) is 18.4 Å². The van der Waals surface area contributed by atoms with Crippen LogP contribution >= 0.6 is 0 Å². The molecule has 0 radical (unpaired) electrons. The van der Waals surface area contributed by atoms with E-state index in [1.807, 2.05) is 39.8 Å². The molecule has 2 aromatic carbocycles. The number of benzene rings is 2. The van der Waals surface area contributed by atoms with Crippen molar-refractivity contribution in [2.24, 2.45) is 11.7 Å². The predicted molar refractivity (Wildman–Crippen MR) is 151 cm³/mol. The lowest BCUT2D eigenvalue weighted by atomic mass is 9.79. The van der Waals surface area contributed by atoms with Gasteiger partial charge in [0.25, 0.3) is 5.91 Å². The van der Waals surface area contributed by atoms with E-state index < -0.39 is 18.3 Å². The van der Waals surface area contributed by atoms with E-state index in [2.05, 4.69) is 5.32 Å². The summed E-state index contributed by atoms with van der Waals surface area (Å²) in [4.78, 5) is 28.2. The summed E-state index contributed by atoms with van der Waals surface area (Å²) < 4.78 is 12.3. The van der Waals surface area contributed by atoms with Crippen molar-refractivity contribution in [3.8, 4) is 0 Å². The van der Waals surface area contributed by atoms with E-state index in [9.17, 15) is 9.59 Å². The molecule has 4 N–H and O–H groups in total. The number of nitrogen functional groups attached to an aromatic ring is 1. The highest BCUT2D eigenvalue weighted by atomic mass is 16.7. The average Bonchev–Trinajstić information content (AvgIpc) is 3.10. The Hall–Kier alpha value is -3.17. The van der Waals surface area contributed by atoms with Crippen molar-refractivity contribution in [1.82, 2.24) is 4.90 Å². The molecule has 0 atom stereocenters. The minimum Gasteiger partial charge on any atom is -0.399 e. The standard InChI is InChI=1S/C29H39BN4O4/c1-28(2)29(3,4)38-30(37-28)23-14-10-22(11-15-23)27(36)34(18-20-8-6-5-7-9-20)19-25(35)33-24-16-12-21(13-17-24)26(31)32/h10-17,20H,5-9,18-19H2,1-4H3,(H3,31,32)(H,33,35). The maximum Gasteiger partial charge on any atom is 0.494 e. The van der Waals surface area contributed by atoms with Crippen LogP contribution in [0.3, 0.4) is 0 Å². The monoisotopic (exact) mass is 518 g/mol. The van der Waals surface area contributed by atoms with Crippen LogP contribution in [0.4, 0.5) is 5.69 Å². The molecule has 2 aromatic rings. The minimum absolute atomic E-state index is 0.0309. The first-order valence-corrected chi connectivity index (χ1v) is 13.4. The molecule has 0 unspecified atom stereocenters. The van der Waals surface area contributed by atoms with E-state index in [0.29, 0.717) is 29.3 Å². The quantitative estimate of drug-likeness (QED) is 0.278. The van der Waals surface area contributed by atoms with Gasteiger partial charge in [0.1, 0.15) is 12.4 Å². The largest absolute Gasteiger partial charge is 0.494 e. The van der Waals surface area contributed by atoms with Crippen LogP contribution in [0.2, 0.25) is 0 Å². The number of nitrogens with one attached hydrogen (secondary N) is 2. The molecule has 38 heavy (non-hydrogen) atoms. The van der Waals surface area contributed by atoms with E-state index in [1.54, 1.807) is 41.3 Å². The van der Waals surface area contributed by atoms with E-state index >= 15 is 0 Å². The van der Waals surface area contributed by atoms with E-state index in [4.69, 9.17) is 20.5 Å². The average molecular weight is 518 g/mol. The molecule has 2 amide bonds. The fraction of sp³-hybridized carbons (Fsp3) is 0.483. The SMILES string of the molecule is CC1(C)OB(c2ccc(C(=O)N(CC(=O)Nc3ccc(C(=N)N)cc3)CC3CCCCC3)cc2)OC1(C)C. The van der Waals surface area contributed by atoms with Crippen molar-refractivity contribution in [3.05, 3.63) is 59.7 Å². The summed E-state index contributed by atoms with van der Waals surface area (Å²) in [5, 5.41) is 10.4. The summed E-state index contributed by atoms with van der Waals surface area (Å²) >= 11 is 0. The first-order valence-electron chi connectivity index (χ1n) is 13.4. The Balaban J connectivity index is 1.46. The van der Waals surface area contributed by atoms with Gasteiger partial charge in [-0.05, 0) is 88.3 Å². The molecule has 1 aliphatic carbocycles. The van der Waals surface area contributed by atoms with Crippen molar-refractivity contribution in [3.63, 3.8) is 0 Å². The molecule has 4 rings (SSSR count). The lowest BCUT2D eigenvalue weighted by Gasteiger charge is -2.32. The van der Waals surface area contributed by atoms with Crippen LogP contribution in [0, 0.1) is 11.3 Å². The van der Waals surface area contributed by atoms with Crippen molar-refractivity contribution in [1.29, 1.82) is 5.41 Å². The summed E-state index contributed by atoms with van der Waals surface area (Å²) in [6.45, 7) is 8.55. The Morgan fingerprint density at radius 3 is 2.05 bits per heavy atom. The van der Waals surface area contributed by atoms with Gasteiger partial charge in [-0.2, -0.15) is 0 Å². The second-order valence-corrected chi connectivity index (χ2v) is 11.4. The van der Waals surface area contributed by atoms with E-state index in [1.165, 1.54) is 6.42 Å². The second kappa shape index (κ2) is 11.3. The van der Waals surface area contributed by atoms with Crippen LogP contribution in [0.25, 0.3) is 0 Å². The van der Waals surface area contributed by atoms with E-state index in [0.717, 1.165) is 31.1 Å². The third-order valence-corrected chi connectivity index (χ3v) is 7.99. The number of carbonyl (C=O) groups is 2. The molecule has 1 saturated heterocycles. The first kappa shape index (κ1) is 27.9. The van der Waals surface area contributed by atoms with Gasteiger partial charge in [-0.15, -0.1) is 0 Å². The van der Waals surface area contributed by atoms with Crippen LogP contribution in [0.15, 0.2) is 48.5 Å². The van der Waals surface area contributed by atoms with Gasteiger partial charge in [0.15, 0.2) is 0 Å². The van der Waals surface area contributed by atoms with Gasteiger partial charge in [0.05, 0.1) is 11.2 Å². The molecule has 202 valence electrons. The fourth-order valence-corrected chi connectivity index (χ4v) is 4.95. The third-order valence-electron chi connectivity index (χ3n) is 7.99. The maximum absolute atomic E-state index is 13.6. The normalized spacial score (nSPS) is 18.7. The topological polar surface area (TPSA) is 118 Å². The van der Waals surface area contributed by atoms with Crippen molar-refractivity contribution in [2.45, 2.75) is 71.0 Å². The number of rotatable bonds is 8. The highest BCUT2D eigenvalue weighted by molar-refractivity contribution is 6.62. The highest BCUT2D eigenvalue weighted by Gasteiger charge is 2.51. The molecule has 1 heterocycles. The van der Waals surface area contributed by atoms with Gasteiger partial charge in [-0.3, -0.25) is 15.0 Å². The van der Waals surface area contributed by atoms with Gasteiger partial charge in [0, 0.05) is 23.4 Å². The molecule has 1 aliphatic heterocycles. The maximum atomic E-state index is 13.6. The molecule has 0 aromatic heterocycles. The van der Waals surface area contributed by atoms with Gasteiger partial charge in [-0.1, -0.05) is 31.4 Å². The Labute approximate surface area is 225 Å². The Morgan fingerprint density at radius 2 is 1.50 bits per heavy atom. The molecule has 2 fully saturated rings. The Morgan fingerprint density at radius 1 is 0.947 bits per heavy atom. The second-order valence-electron chi connectivity index (χ2n) is 11.4. The number of nitrogens with zero attached hydrogens (tertiary/aromatic N) is 1. The van der Waals surface area contributed by atoms with Crippen molar-refractivity contribution < 1.29 is 18.9 Å². The van der Waals surface area contributed by atoms with Crippen LogP contribution in [0.1, 0.15) is 75.7 Å². The fourth-order valence-electron chi connectivity index (χ4n) is 4.95. The molecule has 9 heteroatoms. The van der Waals surface area contributed by atoms with Gasteiger partial charge < -0.3 is 25.3 Å². The molecular weight excluding hydrogens is 479 g/mol. The summed E-state index contributed by atoms with van der Waals surface area (Å²) in [5.74, 6) is -0.0762. The molecule has 8 nitrogen and oxygen atoms in total. The highest BCUT2D eigenvalue weighted by Crippen LogP contribution is 2.36. The summed E-state index contributed by atoms with van der Waals surface area (Å²) in [5.41, 5.74) is 7.19. The van der Waals surface area contributed by atoms with Crippen LogP contribution in [-0.2, 0) is 14.1 Å².